The van der Waals surface area contributed by atoms with Crippen LogP contribution >= 0.6 is 0 Å². The molecule has 0 fully saturated rings. The van der Waals surface area contributed by atoms with Gasteiger partial charge < -0.3 is 15.0 Å². The van der Waals surface area contributed by atoms with Crippen LogP contribution in [0.4, 0.5) is 0 Å². The summed E-state index contributed by atoms with van der Waals surface area (Å²) in [7, 11) is 0. The van der Waals surface area contributed by atoms with E-state index in [1.165, 1.54) is 0 Å². The molecular weight excluding hydrogens is 380 g/mol. The molecule has 7 heteroatoms. The van der Waals surface area contributed by atoms with Crippen molar-refractivity contribution in [2.45, 2.75) is 20.4 Å². The Morgan fingerprint density at radius 2 is 2.03 bits per heavy atom. The topological polar surface area (TPSA) is 87.3 Å². The van der Waals surface area contributed by atoms with Gasteiger partial charge in [0.2, 0.25) is 0 Å². The first kappa shape index (κ1) is 19.7. The van der Waals surface area contributed by atoms with E-state index < -0.39 is 0 Å². The molecule has 1 aliphatic heterocycles. The first-order chi connectivity index (χ1) is 14.5. The highest BCUT2D eigenvalue weighted by Gasteiger charge is 2.21. The highest BCUT2D eigenvalue weighted by Crippen LogP contribution is 2.24. The summed E-state index contributed by atoms with van der Waals surface area (Å²) in [6.07, 6.45) is 0. The van der Waals surface area contributed by atoms with E-state index >= 15 is 0 Å². The van der Waals surface area contributed by atoms with E-state index in [1.54, 1.807) is 11.0 Å². The Labute approximate surface area is 175 Å². The van der Waals surface area contributed by atoms with E-state index in [0.717, 1.165) is 33.7 Å². The number of carbonyl (C=O) groups is 2. The number of aryl methyl sites for hydroxylation is 2. The van der Waals surface area contributed by atoms with Crippen LogP contribution in [0.3, 0.4) is 0 Å². The summed E-state index contributed by atoms with van der Waals surface area (Å²) in [6.45, 7) is 5.25. The lowest BCUT2D eigenvalue weighted by atomic mass is 10.0. The molecule has 1 aromatic heterocycles. The third kappa shape index (κ3) is 4.20. The predicted molar refractivity (Wildman–Crippen MR) is 113 cm³/mol. The predicted octanol–water partition coefficient (Wildman–Crippen LogP) is 2.84. The molecule has 2 aromatic carbocycles. The van der Waals surface area contributed by atoms with Gasteiger partial charge in [0.1, 0.15) is 11.4 Å². The Kier molecular flexibility index (Phi) is 5.52. The third-order valence-electron chi connectivity index (χ3n) is 5.20. The Morgan fingerprint density at radius 1 is 1.20 bits per heavy atom. The second-order valence-electron chi connectivity index (χ2n) is 7.45. The lowest BCUT2D eigenvalue weighted by Gasteiger charge is -2.20. The molecule has 30 heavy (non-hydrogen) atoms. The Bertz CT molecular complexity index is 1090. The summed E-state index contributed by atoms with van der Waals surface area (Å²) >= 11 is 0. The second-order valence-corrected chi connectivity index (χ2v) is 7.45. The Morgan fingerprint density at radius 3 is 2.90 bits per heavy atom. The van der Waals surface area contributed by atoms with Gasteiger partial charge in [0, 0.05) is 30.8 Å². The van der Waals surface area contributed by atoms with Gasteiger partial charge in [0.15, 0.2) is 6.61 Å². The standard InChI is InChI=1S/C23H24N4O3/c1-15-7-8-16(2)18(11-15)19-12-20(26-25-19)23(29)24-9-10-27-13-17-5-3-4-6-21(17)30-14-22(27)28/h3-8,11-12H,9-10,13-14H2,1-2H3,(H,24,29)(H,25,26). The number of ether oxygens (including phenoxy) is 1. The molecule has 0 bridgehead atoms. The average molecular weight is 404 g/mol. The zero-order valence-electron chi connectivity index (χ0n) is 17.1. The number of H-pyrrole nitrogens is 1. The number of nitrogens with one attached hydrogen (secondary N) is 2. The van der Waals surface area contributed by atoms with E-state index in [-0.39, 0.29) is 18.4 Å². The number of rotatable bonds is 5. The van der Waals surface area contributed by atoms with E-state index in [4.69, 9.17) is 4.74 Å². The number of carbonyl (C=O) groups excluding carboxylic acids is 2. The van der Waals surface area contributed by atoms with E-state index in [9.17, 15) is 9.59 Å². The van der Waals surface area contributed by atoms with Crippen molar-refractivity contribution in [2.24, 2.45) is 0 Å². The molecule has 3 aromatic rings. The monoisotopic (exact) mass is 404 g/mol. The molecule has 0 aliphatic carbocycles. The summed E-state index contributed by atoms with van der Waals surface area (Å²) in [4.78, 5) is 26.5. The molecule has 2 heterocycles. The van der Waals surface area contributed by atoms with E-state index in [2.05, 4.69) is 21.6 Å². The number of hydrogen-bond acceptors (Lipinski definition) is 4. The largest absolute Gasteiger partial charge is 0.483 e. The zero-order valence-corrected chi connectivity index (χ0v) is 17.1. The molecular formula is C23H24N4O3. The molecule has 1 aliphatic rings. The number of benzene rings is 2. The van der Waals surface area contributed by atoms with Crippen LogP contribution in [-0.2, 0) is 11.3 Å². The van der Waals surface area contributed by atoms with E-state index in [1.807, 2.05) is 50.2 Å². The maximum atomic E-state index is 12.5. The Hall–Kier alpha value is -3.61. The molecule has 0 radical (unpaired) electrons. The quantitative estimate of drug-likeness (QED) is 0.685. The number of aromatic nitrogens is 2. The minimum absolute atomic E-state index is 0.00467. The number of fused-ring (bicyclic) bond motifs is 1. The molecule has 2 N–H and O–H groups in total. The van der Waals surface area contributed by atoms with Crippen LogP contribution in [0.1, 0.15) is 27.2 Å². The van der Waals surface area contributed by atoms with Crippen LogP contribution in [0.15, 0.2) is 48.5 Å². The minimum atomic E-state index is -0.252. The van der Waals surface area contributed by atoms with Gasteiger partial charge in [-0.05, 0) is 37.6 Å². The van der Waals surface area contributed by atoms with E-state index in [0.29, 0.717) is 25.3 Å². The lowest BCUT2D eigenvalue weighted by molar-refractivity contribution is -0.133. The van der Waals surface area contributed by atoms with Crippen LogP contribution in [0.5, 0.6) is 5.75 Å². The number of para-hydroxylation sites is 1. The molecule has 0 atom stereocenters. The fourth-order valence-corrected chi connectivity index (χ4v) is 3.49. The van der Waals surface area contributed by atoms with Gasteiger partial charge in [-0.2, -0.15) is 5.10 Å². The highest BCUT2D eigenvalue weighted by atomic mass is 16.5. The SMILES string of the molecule is Cc1ccc(C)c(-c2cc(C(=O)NCCN3Cc4ccccc4OCC3=O)[nH]n2)c1. The molecule has 4 rings (SSSR count). The molecule has 2 amide bonds. The smallest absolute Gasteiger partial charge is 0.269 e. The highest BCUT2D eigenvalue weighted by molar-refractivity contribution is 5.93. The maximum Gasteiger partial charge on any atom is 0.269 e. The molecule has 0 unspecified atom stereocenters. The first-order valence-electron chi connectivity index (χ1n) is 9.91. The summed E-state index contributed by atoms with van der Waals surface area (Å²) in [5.74, 6) is 0.381. The number of aromatic amines is 1. The average Bonchev–Trinajstić information content (AvgIpc) is 3.17. The molecule has 0 saturated carbocycles. The fourth-order valence-electron chi connectivity index (χ4n) is 3.49. The second kappa shape index (κ2) is 8.41. The van der Waals surface area contributed by atoms with Crippen LogP contribution in [0.2, 0.25) is 0 Å². The summed E-state index contributed by atoms with van der Waals surface area (Å²) in [5.41, 5.74) is 5.32. The van der Waals surface area contributed by atoms with Crippen LogP contribution in [-0.4, -0.2) is 46.6 Å². The molecule has 154 valence electrons. The van der Waals surface area contributed by atoms with Crippen molar-refractivity contribution < 1.29 is 14.3 Å². The van der Waals surface area contributed by atoms with Crippen molar-refractivity contribution >= 4 is 11.8 Å². The number of nitrogens with zero attached hydrogens (tertiary/aromatic N) is 2. The normalized spacial score (nSPS) is 13.4. The first-order valence-corrected chi connectivity index (χ1v) is 9.91. The number of hydrogen-bond donors (Lipinski definition) is 2. The summed E-state index contributed by atoms with van der Waals surface area (Å²) < 4.78 is 5.56. The van der Waals surface area contributed by atoms with Gasteiger partial charge in [0.25, 0.3) is 11.8 Å². The van der Waals surface area contributed by atoms with Gasteiger partial charge in [-0.1, -0.05) is 35.9 Å². The van der Waals surface area contributed by atoms with Crippen LogP contribution in [0, 0.1) is 13.8 Å². The van der Waals surface area contributed by atoms with Gasteiger partial charge in [-0.3, -0.25) is 14.7 Å². The number of amides is 2. The van der Waals surface area contributed by atoms with Gasteiger partial charge in [-0.25, -0.2) is 0 Å². The zero-order chi connectivity index (χ0) is 21.1. The van der Waals surface area contributed by atoms with Crippen molar-refractivity contribution in [1.29, 1.82) is 0 Å². The minimum Gasteiger partial charge on any atom is -0.483 e. The lowest BCUT2D eigenvalue weighted by Crippen LogP contribution is -2.39. The summed E-state index contributed by atoms with van der Waals surface area (Å²) in [6, 6.07) is 15.5. The van der Waals surface area contributed by atoms with Gasteiger partial charge >= 0.3 is 0 Å². The van der Waals surface area contributed by atoms with Crippen molar-refractivity contribution in [1.82, 2.24) is 20.4 Å². The van der Waals surface area contributed by atoms with Crippen molar-refractivity contribution in [3.05, 3.63) is 70.9 Å². The van der Waals surface area contributed by atoms with Crippen molar-refractivity contribution in [3.8, 4) is 17.0 Å². The van der Waals surface area contributed by atoms with Crippen molar-refractivity contribution in [3.63, 3.8) is 0 Å². The molecule has 0 spiro atoms. The molecule has 7 nitrogen and oxygen atoms in total. The van der Waals surface area contributed by atoms with Gasteiger partial charge in [0.05, 0.1) is 5.69 Å². The maximum absolute atomic E-state index is 12.5. The molecule has 0 saturated heterocycles. The van der Waals surface area contributed by atoms with Gasteiger partial charge in [-0.15, -0.1) is 0 Å². The van der Waals surface area contributed by atoms with Crippen molar-refractivity contribution in [2.75, 3.05) is 19.7 Å². The fraction of sp³-hybridized carbons (Fsp3) is 0.261. The third-order valence-corrected chi connectivity index (χ3v) is 5.20. The van der Waals surface area contributed by atoms with Crippen LogP contribution in [0.25, 0.3) is 11.3 Å². The van der Waals surface area contributed by atoms with Crippen LogP contribution < -0.4 is 10.1 Å². The Balaban J connectivity index is 1.37. The summed E-state index contributed by atoms with van der Waals surface area (Å²) in [5, 5.41) is 9.96.